The summed E-state index contributed by atoms with van der Waals surface area (Å²) in [5.41, 5.74) is 1.07. The molecule has 1 fully saturated rings. The van der Waals surface area contributed by atoms with Crippen LogP contribution in [-0.2, 0) is 11.3 Å². The molecule has 7 nitrogen and oxygen atoms in total. The van der Waals surface area contributed by atoms with Crippen LogP contribution in [0.2, 0.25) is 0 Å². The van der Waals surface area contributed by atoms with E-state index in [1.165, 1.54) is 7.11 Å². The van der Waals surface area contributed by atoms with Gasteiger partial charge in [-0.2, -0.15) is 0 Å². The van der Waals surface area contributed by atoms with Crippen molar-refractivity contribution in [1.82, 2.24) is 19.4 Å². The van der Waals surface area contributed by atoms with Crippen LogP contribution in [0.15, 0.2) is 48.9 Å². The monoisotopic (exact) mass is 352 g/mol. The third kappa shape index (κ3) is 3.20. The van der Waals surface area contributed by atoms with Gasteiger partial charge in [-0.3, -0.25) is 4.79 Å². The normalized spacial score (nSPS) is 16.8. The van der Waals surface area contributed by atoms with Crippen LogP contribution < -0.4 is 9.47 Å². The van der Waals surface area contributed by atoms with Gasteiger partial charge in [-0.25, -0.2) is 9.97 Å². The molecule has 1 saturated heterocycles. The maximum Gasteiger partial charge on any atom is 0.278 e. The van der Waals surface area contributed by atoms with Gasteiger partial charge in [-0.15, -0.1) is 0 Å². The Morgan fingerprint density at radius 2 is 2.00 bits per heavy atom. The van der Waals surface area contributed by atoms with E-state index in [9.17, 15) is 4.79 Å². The Balaban J connectivity index is 1.39. The van der Waals surface area contributed by atoms with E-state index >= 15 is 0 Å². The molecule has 1 amide bonds. The molecule has 134 valence electrons. The maximum atomic E-state index is 12.7. The fraction of sp³-hybridized carbons (Fsp3) is 0.316. The average molecular weight is 352 g/mol. The Hall–Kier alpha value is -3.09. The van der Waals surface area contributed by atoms with Crippen molar-refractivity contribution in [2.24, 2.45) is 0 Å². The van der Waals surface area contributed by atoms with Gasteiger partial charge in [-0.1, -0.05) is 18.2 Å². The molecule has 0 saturated carbocycles. The highest BCUT2D eigenvalue weighted by molar-refractivity contribution is 5.83. The number of nitrogens with zero attached hydrogens (tertiary/aromatic N) is 4. The molecule has 1 atom stereocenters. The van der Waals surface area contributed by atoms with Gasteiger partial charge in [0.2, 0.25) is 5.91 Å². The van der Waals surface area contributed by atoms with Gasteiger partial charge in [0, 0.05) is 37.1 Å². The van der Waals surface area contributed by atoms with Gasteiger partial charge in [0.1, 0.15) is 12.6 Å². The molecular weight excluding hydrogens is 332 g/mol. The van der Waals surface area contributed by atoms with E-state index in [0.717, 1.165) is 17.3 Å². The summed E-state index contributed by atoms with van der Waals surface area (Å²) in [4.78, 5) is 22.7. The lowest BCUT2D eigenvalue weighted by Crippen LogP contribution is -2.33. The van der Waals surface area contributed by atoms with E-state index in [4.69, 9.17) is 9.47 Å². The van der Waals surface area contributed by atoms with E-state index in [0.29, 0.717) is 31.4 Å². The number of rotatable bonds is 5. The quantitative estimate of drug-likeness (QED) is 0.703. The highest BCUT2D eigenvalue weighted by atomic mass is 16.5. The highest BCUT2D eigenvalue weighted by Crippen LogP contribution is 2.24. The number of aromatic nitrogens is 3. The minimum Gasteiger partial charge on any atom is -0.477 e. The summed E-state index contributed by atoms with van der Waals surface area (Å²) in [6.07, 6.45) is 5.73. The van der Waals surface area contributed by atoms with Crippen LogP contribution in [0, 0.1) is 0 Å². The molecular formula is C19H20N4O3. The number of carbonyl (C=O) groups excluding carboxylic acids is 1. The molecule has 1 aromatic carbocycles. The van der Waals surface area contributed by atoms with Crippen molar-refractivity contribution in [2.45, 2.75) is 19.1 Å². The van der Waals surface area contributed by atoms with Gasteiger partial charge in [0.25, 0.3) is 11.8 Å². The molecule has 7 heteroatoms. The lowest BCUT2D eigenvalue weighted by molar-refractivity contribution is -0.131. The second kappa shape index (κ2) is 7.03. The molecule has 1 aliphatic heterocycles. The minimum absolute atomic E-state index is 0.0866. The van der Waals surface area contributed by atoms with Crippen molar-refractivity contribution in [1.29, 1.82) is 0 Å². The van der Waals surface area contributed by atoms with Crippen LogP contribution in [0.1, 0.15) is 6.42 Å². The number of amides is 1. The number of benzene rings is 1. The van der Waals surface area contributed by atoms with Crippen LogP contribution in [0.25, 0.3) is 10.9 Å². The second-order valence-corrected chi connectivity index (χ2v) is 6.24. The molecule has 2 aromatic heterocycles. The van der Waals surface area contributed by atoms with Crippen molar-refractivity contribution >= 4 is 16.8 Å². The average Bonchev–Trinajstić information content (AvgIpc) is 3.30. The molecule has 3 heterocycles. The summed E-state index contributed by atoms with van der Waals surface area (Å²) in [6.45, 7) is 1.54. The Bertz CT molecular complexity index is 924. The zero-order valence-electron chi connectivity index (χ0n) is 14.5. The van der Waals surface area contributed by atoms with Gasteiger partial charge in [0.05, 0.1) is 13.7 Å². The number of para-hydroxylation sites is 1. The Kier molecular flexibility index (Phi) is 4.43. The summed E-state index contributed by atoms with van der Waals surface area (Å²) < 4.78 is 13.0. The van der Waals surface area contributed by atoms with Crippen molar-refractivity contribution < 1.29 is 14.3 Å². The first kappa shape index (κ1) is 16.4. The number of fused-ring (bicyclic) bond motifs is 1. The van der Waals surface area contributed by atoms with Crippen molar-refractivity contribution in [3.05, 3.63) is 48.9 Å². The standard InChI is InChI=1S/C19H20N4O3/c1-25-18-19(21-9-8-20-18)26-15-7-11-23(12-15)17(24)13-22-10-6-14-4-2-3-5-16(14)22/h2-6,8-10,15H,7,11-13H2,1H3. The predicted octanol–water partition coefficient (Wildman–Crippen LogP) is 2.12. The van der Waals surface area contributed by atoms with Crippen LogP contribution >= 0.6 is 0 Å². The molecule has 0 bridgehead atoms. The third-order valence-corrected chi connectivity index (χ3v) is 4.59. The van der Waals surface area contributed by atoms with Crippen LogP contribution in [0.5, 0.6) is 11.8 Å². The van der Waals surface area contributed by atoms with E-state index < -0.39 is 0 Å². The second-order valence-electron chi connectivity index (χ2n) is 6.24. The van der Waals surface area contributed by atoms with Crippen molar-refractivity contribution in [3.63, 3.8) is 0 Å². The molecule has 1 unspecified atom stereocenters. The molecule has 0 N–H and O–H groups in total. The number of hydrogen-bond acceptors (Lipinski definition) is 5. The SMILES string of the molecule is COc1nccnc1OC1CCN(C(=O)Cn2ccc3ccccc32)C1. The number of likely N-dealkylation sites (tertiary alicyclic amines) is 1. The summed E-state index contributed by atoms with van der Waals surface area (Å²) in [6, 6.07) is 10.1. The van der Waals surface area contributed by atoms with Crippen molar-refractivity contribution in [2.75, 3.05) is 20.2 Å². The van der Waals surface area contributed by atoms with Gasteiger partial charge >= 0.3 is 0 Å². The zero-order chi connectivity index (χ0) is 17.9. The summed E-state index contributed by atoms with van der Waals surface area (Å²) in [7, 11) is 1.53. The highest BCUT2D eigenvalue weighted by Gasteiger charge is 2.29. The summed E-state index contributed by atoms with van der Waals surface area (Å²) in [5, 5.41) is 1.14. The lowest BCUT2D eigenvalue weighted by Gasteiger charge is -2.18. The third-order valence-electron chi connectivity index (χ3n) is 4.59. The molecule has 4 rings (SSSR count). The van der Waals surface area contributed by atoms with Crippen LogP contribution in [0.4, 0.5) is 0 Å². The smallest absolute Gasteiger partial charge is 0.278 e. The van der Waals surface area contributed by atoms with Gasteiger partial charge in [-0.05, 0) is 17.5 Å². The van der Waals surface area contributed by atoms with E-state index in [-0.39, 0.29) is 12.0 Å². The number of carbonyl (C=O) groups is 1. The van der Waals surface area contributed by atoms with Crippen molar-refractivity contribution in [3.8, 4) is 11.8 Å². The largest absolute Gasteiger partial charge is 0.477 e. The predicted molar refractivity (Wildman–Crippen MR) is 96.1 cm³/mol. The number of methoxy groups -OCH3 is 1. The van der Waals surface area contributed by atoms with E-state index in [1.807, 2.05) is 46.0 Å². The maximum absolute atomic E-state index is 12.7. The topological polar surface area (TPSA) is 69.5 Å². The van der Waals surface area contributed by atoms with Crippen LogP contribution in [-0.4, -0.2) is 51.6 Å². The minimum atomic E-state index is -0.106. The van der Waals surface area contributed by atoms with E-state index in [1.54, 1.807) is 12.4 Å². The first-order valence-corrected chi connectivity index (χ1v) is 8.58. The van der Waals surface area contributed by atoms with Crippen LogP contribution in [0.3, 0.4) is 0 Å². The van der Waals surface area contributed by atoms with E-state index in [2.05, 4.69) is 9.97 Å². The Morgan fingerprint density at radius 3 is 2.85 bits per heavy atom. The molecule has 1 aliphatic rings. The van der Waals surface area contributed by atoms with Gasteiger partial charge in [0.15, 0.2) is 0 Å². The lowest BCUT2D eigenvalue weighted by atomic mass is 10.2. The molecule has 3 aromatic rings. The molecule has 26 heavy (non-hydrogen) atoms. The molecule has 0 spiro atoms. The Morgan fingerprint density at radius 1 is 1.19 bits per heavy atom. The summed E-state index contributed by atoms with van der Waals surface area (Å²) in [5.74, 6) is 0.811. The first-order chi connectivity index (χ1) is 12.7. The fourth-order valence-electron chi connectivity index (χ4n) is 3.27. The molecule has 0 aliphatic carbocycles. The van der Waals surface area contributed by atoms with Gasteiger partial charge < -0.3 is 18.9 Å². The molecule has 0 radical (unpaired) electrons. The zero-order valence-corrected chi connectivity index (χ0v) is 14.5. The first-order valence-electron chi connectivity index (χ1n) is 8.58. The number of hydrogen-bond donors (Lipinski definition) is 0. The Labute approximate surface area is 151 Å². The summed E-state index contributed by atoms with van der Waals surface area (Å²) >= 11 is 0. The number of ether oxygens (including phenoxy) is 2. The fourth-order valence-corrected chi connectivity index (χ4v) is 3.27.